The first kappa shape index (κ1) is 14.8. The molecular weight excluding hydrogens is 254 g/mol. The second-order valence-electron chi connectivity index (χ2n) is 5.11. The second-order valence-corrected chi connectivity index (χ2v) is 5.11. The smallest absolute Gasteiger partial charge is 0.253 e. The van der Waals surface area contributed by atoms with Gasteiger partial charge in [0.1, 0.15) is 0 Å². The quantitative estimate of drug-likeness (QED) is 0.638. The van der Waals surface area contributed by atoms with Crippen molar-refractivity contribution in [2.24, 2.45) is 5.84 Å². The molecular formula is C15H23N3O2. The molecule has 3 N–H and O–H groups in total. The van der Waals surface area contributed by atoms with Crippen LogP contribution < -0.4 is 11.3 Å². The number of nitrogens with zero attached hydrogens (tertiary/aromatic N) is 1. The van der Waals surface area contributed by atoms with Gasteiger partial charge in [0.05, 0.1) is 6.10 Å². The lowest BCUT2D eigenvalue weighted by molar-refractivity contribution is 0.00211. The third-order valence-corrected chi connectivity index (χ3v) is 3.52. The lowest BCUT2D eigenvalue weighted by Crippen LogP contribution is -2.43. The number of hydrogen-bond donors (Lipinski definition) is 2. The third-order valence-electron chi connectivity index (χ3n) is 3.52. The lowest BCUT2D eigenvalue weighted by Gasteiger charge is -2.32. The van der Waals surface area contributed by atoms with Gasteiger partial charge in [0, 0.05) is 30.9 Å². The fourth-order valence-corrected chi connectivity index (χ4v) is 2.43. The topological polar surface area (TPSA) is 67.6 Å². The van der Waals surface area contributed by atoms with Crippen LogP contribution in [-0.2, 0) is 4.74 Å². The van der Waals surface area contributed by atoms with E-state index < -0.39 is 0 Å². The molecule has 5 nitrogen and oxygen atoms in total. The van der Waals surface area contributed by atoms with Crippen LogP contribution in [0.15, 0.2) is 24.3 Å². The summed E-state index contributed by atoms with van der Waals surface area (Å²) < 4.78 is 5.76. The molecule has 1 aliphatic rings. The van der Waals surface area contributed by atoms with Crippen LogP contribution in [0.25, 0.3) is 0 Å². The van der Waals surface area contributed by atoms with Crippen molar-refractivity contribution in [3.8, 4) is 0 Å². The molecule has 1 aromatic rings. The number of carbonyl (C=O) groups is 1. The van der Waals surface area contributed by atoms with Crippen molar-refractivity contribution in [1.82, 2.24) is 4.90 Å². The molecule has 20 heavy (non-hydrogen) atoms. The van der Waals surface area contributed by atoms with Gasteiger partial charge < -0.3 is 15.1 Å². The fourth-order valence-electron chi connectivity index (χ4n) is 2.43. The van der Waals surface area contributed by atoms with Gasteiger partial charge in [-0.15, -0.1) is 0 Å². The summed E-state index contributed by atoms with van der Waals surface area (Å²) in [5.41, 5.74) is 4.05. The average molecular weight is 277 g/mol. The highest BCUT2D eigenvalue weighted by atomic mass is 16.5. The Morgan fingerprint density at radius 1 is 1.45 bits per heavy atom. The van der Waals surface area contributed by atoms with Crippen molar-refractivity contribution >= 4 is 11.6 Å². The zero-order valence-electron chi connectivity index (χ0n) is 12.0. The van der Waals surface area contributed by atoms with Gasteiger partial charge >= 0.3 is 0 Å². The summed E-state index contributed by atoms with van der Waals surface area (Å²) in [7, 11) is 0. The summed E-state index contributed by atoms with van der Waals surface area (Å²) in [4.78, 5) is 14.3. The highest BCUT2D eigenvalue weighted by Gasteiger charge is 2.24. The summed E-state index contributed by atoms with van der Waals surface area (Å²) in [5.74, 6) is 5.39. The number of nitrogen functional groups attached to an aromatic ring is 1. The van der Waals surface area contributed by atoms with E-state index in [1.165, 1.54) is 0 Å². The first-order chi connectivity index (χ1) is 9.74. The zero-order valence-corrected chi connectivity index (χ0v) is 12.0. The van der Waals surface area contributed by atoms with Gasteiger partial charge in [-0.1, -0.05) is 6.92 Å². The Labute approximate surface area is 120 Å². The van der Waals surface area contributed by atoms with Crippen molar-refractivity contribution in [3.63, 3.8) is 0 Å². The minimum atomic E-state index is 0.0679. The molecule has 1 aromatic carbocycles. The number of hydrogen-bond acceptors (Lipinski definition) is 4. The van der Waals surface area contributed by atoms with Crippen molar-refractivity contribution in [3.05, 3.63) is 29.8 Å². The summed E-state index contributed by atoms with van der Waals surface area (Å²) in [6, 6.07) is 7.21. The molecule has 0 spiro atoms. The van der Waals surface area contributed by atoms with E-state index in [2.05, 4.69) is 12.3 Å². The number of amides is 1. The van der Waals surface area contributed by atoms with Gasteiger partial charge in [-0.25, -0.2) is 0 Å². The number of hydrazine groups is 1. The highest BCUT2D eigenvalue weighted by Crippen LogP contribution is 2.17. The zero-order chi connectivity index (χ0) is 14.4. The number of carbonyl (C=O) groups excluding carboxylic acids is 1. The van der Waals surface area contributed by atoms with Crippen molar-refractivity contribution in [1.29, 1.82) is 0 Å². The van der Waals surface area contributed by atoms with Crippen LogP contribution in [0.3, 0.4) is 0 Å². The number of ether oxygens (including phenoxy) is 1. The molecule has 1 aliphatic heterocycles. The molecule has 1 unspecified atom stereocenters. The number of rotatable bonds is 5. The normalized spacial score (nSPS) is 18.9. The third kappa shape index (κ3) is 3.71. The van der Waals surface area contributed by atoms with Gasteiger partial charge in [-0.2, -0.15) is 0 Å². The maximum Gasteiger partial charge on any atom is 0.253 e. The maximum atomic E-state index is 12.4. The largest absolute Gasteiger partial charge is 0.376 e. The molecule has 0 bridgehead atoms. The van der Waals surface area contributed by atoms with Crippen molar-refractivity contribution in [2.75, 3.05) is 25.1 Å². The minimum absolute atomic E-state index is 0.0679. The Hall–Kier alpha value is -1.59. The molecule has 5 heteroatoms. The van der Waals surface area contributed by atoms with Crippen molar-refractivity contribution < 1.29 is 9.53 Å². The van der Waals surface area contributed by atoms with Crippen LogP contribution in [0.2, 0.25) is 0 Å². The number of anilines is 1. The molecule has 0 aromatic heterocycles. The summed E-state index contributed by atoms with van der Waals surface area (Å²) in [6.07, 6.45) is 3.23. The summed E-state index contributed by atoms with van der Waals surface area (Å²) >= 11 is 0. The number of benzene rings is 1. The van der Waals surface area contributed by atoms with Crippen LogP contribution >= 0.6 is 0 Å². The average Bonchev–Trinajstić information content (AvgIpc) is 2.52. The first-order valence-electron chi connectivity index (χ1n) is 7.22. The SMILES string of the molecule is CCCOC1CCCN(C(=O)c2ccc(NN)cc2)C1. The molecule has 1 heterocycles. The molecule has 2 rings (SSSR count). The summed E-state index contributed by atoms with van der Waals surface area (Å²) in [6.45, 7) is 4.36. The predicted octanol–water partition coefficient (Wildman–Crippen LogP) is 2.00. The minimum Gasteiger partial charge on any atom is -0.376 e. The Kier molecular flexibility index (Phi) is 5.38. The van der Waals surface area contributed by atoms with E-state index in [4.69, 9.17) is 10.6 Å². The molecule has 1 saturated heterocycles. The van der Waals surface area contributed by atoms with E-state index in [9.17, 15) is 4.79 Å². The standard InChI is InChI=1S/C15H23N3O2/c1-2-10-20-14-4-3-9-18(11-14)15(19)12-5-7-13(17-16)8-6-12/h5-8,14,17H,2-4,9-11,16H2,1H3. The highest BCUT2D eigenvalue weighted by molar-refractivity contribution is 5.94. The second kappa shape index (κ2) is 7.26. The molecule has 0 radical (unpaired) electrons. The molecule has 1 fully saturated rings. The monoisotopic (exact) mass is 277 g/mol. The lowest BCUT2D eigenvalue weighted by atomic mass is 10.1. The summed E-state index contributed by atoms with van der Waals surface area (Å²) in [5, 5.41) is 0. The van der Waals surface area contributed by atoms with Crippen LogP contribution in [0, 0.1) is 0 Å². The Bertz CT molecular complexity index is 433. The van der Waals surface area contributed by atoms with E-state index >= 15 is 0 Å². The van der Waals surface area contributed by atoms with E-state index in [0.717, 1.165) is 38.1 Å². The van der Waals surface area contributed by atoms with E-state index in [1.807, 2.05) is 17.0 Å². The molecule has 0 aliphatic carbocycles. The first-order valence-corrected chi connectivity index (χ1v) is 7.22. The number of nitrogens with two attached hydrogens (primary N) is 1. The number of nitrogens with one attached hydrogen (secondary N) is 1. The van der Waals surface area contributed by atoms with E-state index in [1.54, 1.807) is 12.1 Å². The van der Waals surface area contributed by atoms with Crippen LogP contribution in [0.5, 0.6) is 0 Å². The molecule has 1 atom stereocenters. The maximum absolute atomic E-state index is 12.4. The van der Waals surface area contributed by atoms with Gasteiger partial charge in [0.15, 0.2) is 0 Å². The van der Waals surface area contributed by atoms with Gasteiger partial charge in [-0.3, -0.25) is 10.6 Å². The predicted molar refractivity (Wildman–Crippen MR) is 79.4 cm³/mol. The van der Waals surface area contributed by atoms with Crippen molar-refractivity contribution in [2.45, 2.75) is 32.3 Å². The fraction of sp³-hybridized carbons (Fsp3) is 0.533. The Morgan fingerprint density at radius 2 is 2.20 bits per heavy atom. The molecule has 110 valence electrons. The Morgan fingerprint density at radius 3 is 2.85 bits per heavy atom. The number of piperidine rings is 1. The number of likely N-dealkylation sites (tertiary alicyclic amines) is 1. The van der Waals surface area contributed by atoms with Gasteiger partial charge in [0.25, 0.3) is 5.91 Å². The van der Waals surface area contributed by atoms with Gasteiger partial charge in [-0.05, 0) is 43.5 Å². The van der Waals surface area contributed by atoms with Gasteiger partial charge in [0.2, 0.25) is 0 Å². The molecule has 0 saturated carbocycles. The van der Waals surface area contributed by atoms with E-state index in [-0.39, 0.29) is 12.0 Å². The molecule has 1 amide bonds. The van der Waals surface area contributed by atoms with Crippen LogP contribution in [0.1, 0.15) is 36.5 Å². The Balaban J connectivity index is 1.96. The van der Waals surface area contributed by atoms with Crippen LogP contribution in [0.4, 0.5) is 5.69 Å². The van der Waals surface area contributed by atoms with E-state index in [0.29, 0.717) is 12.1 Å². The van der Waals surface area contributed by atoms with Crippen LogP contribution in [-0.4, -0.2) is 36.6 Å².